The molecule has 0 radical (unpaired) electrons. The number of nitrogens with one attached hydrogen (secondary N) is 1. The third-order valence-corrected chi connectivity index (χ3v) is 2.03. The first kappa shape index (κ1) is 11.9. The van der Waals surface area contributed by atoms with Gasteiger partial charge in [0.2, 0.25) is 0 Å². The Labute approximate surface area is 88.9 Å². The Morgan fingerprint density at radius 3 is 2.93 bits per heavy atom. The van der Waals surface area contributed by atoms with E-state index in [1.165, 1.54) is 0 Å². The Hall–Kier alpha value is -1.13. The molecule has 2 N–H and O–H groups in total. The maximum absolute atomic E-state index is 13.4. The van der Waals surface area contributed by atoms with Crippen molar-refractivity contribution < 1.29 is 14.2 Å². The number of aliphatic hydroxyl groups is 1. The van der Waals surface area contributed by atoms with Crippen molar-refractivity contribution in [3.8, 4) is 5.75 Å². The average molecular weight is 213 g/mol. The van der Waals surface area contributed by atoms with Crippen molar-refractivity contribution in [2.75, 3.05) is 20.2 Å². The molecule has 0 aliphatic carbocycles. The van der Waals surface area contributed by atoms with Crippen molar-refractivity contribution in [3.05, 3.63) is 29.6 Å². The lowest BCUT2D eigenvalue weighted by Crippen LogP contribution is -2.29. The summed E-state index contributed by atoms with van der Waals surface area (Å²) in [5.41, 5.74) is 0.538. The van der Waals surface area contributed by atoms with Crippen LogP contribution in [0.3, 0.4) is 0 Å². The summed E-state index contributed by atoms with van der Waals surface area (Å²) in [7, 11) is 1.73. The molecule has 0 saturated carbocycles. The Kier molecular flexibility index (Phi) is 4.52. The molecule has 0 aromatic heterocycles. The monoisotopic (exact) mass is 213 g/mol. The fourth-order valence-electron chi connectivity index (χ4n) is 1.21. The minimum absolute atomic E-state index is 0.0845. The molecule has 3 nitrogen and oxygen atoms in total. The van der Waals surface area contributed by atoms with Crippen LogP contribution in [-0.4, -0.2) is 31.4 Å². The summed E-state index contributed by atoms with van der Waals surface area (Å²) >= 11 is 0. The normalized spacial score (nSPS) is 12.5. The van der Waals surface area contributed by atoms with Crippen LogP contribution in [0.25, 0.3) is 0 Å². The molecule has 0 aliphatic heterocycles. The average Bonchev–Trinajstić information content (AvgIpc) is 2.21. The van der Waals surface area contributed by atoms with E-state index in [0.717, 1.165) is 0 Å². The number of aryl methyl sites for hydroxylation is 1. The van der Waals surface area contributed by atoms with Gasteiger partial charge in [-0.3, -0.25) is 0 Å². The number of aliphatic hydroxyl groups excluding tert-OH is 1. The minimum Gasteiger partial charge on any atom is -0.488 e. The topological polar surface area (TPSA) is 41.5 Å². The van der Waals surface area contributed by atoms with Crippen molar-refractivity contribution in [2.24, 2.45) is 0 Å². The van der Waals surface area contributed by atoms with Gasteiger partial charge in [0.05, 0.1) is 0 Å². The van der Waals surface area contributed by atoms with E-state index in [1.807, 2.05) is 0 Å². The van der Waals surface area contributed by atoms with Crippen LogP contribution in [0.1, 0.15) is 5.56 Å². The van der Waals surface area contributed by atoms with Gasteiger partial charge in [-0.25, -0.2) is 4.39 Å². The van der Waals surface area contributed by atoms with Gasteiger partial charge in [-0.1, -0.05) is 12.1 Å². The zero-order valence-corrected chi connectivity index (χ0v) is 8.96. The van der Waals surface area contributed by atoms with Crippen LogP contribution in [0.4, 0.5) is 4.39 Å². The third-order valence-electron chi connectivity index (χ3n) is 2.03. The number of halogens is 1. The molecular weight excluding hydrogens is 197 g/mol. The van der Waals surface area contributed by atoms with Crippen LogP contribution in [0, 0.1) is 12.7 Å². The lowest BCUT2D eigenvalue weighted by Gasteiger charge is -2.12. The van der Waals surface area contributed by atoms with Gasteiger partial charge >= 0.3 is 0 Å². The van der Waals surface area contributed by atoms with Gasteiger partial charge in [0.25, 0.3) is 0 Å². The van der Waals surface area contributed by atoms with E-state index in [9.17, 15) is 9.50 Å². The molecular formula is C11H16FNO2. The number of ether oxygens (including phenoxy) is 1. The predicted octanol–water partition coefficient (Wildman–Crippen LogP) is 1.09. The highest BCUT2D eigenvalue weighted by molar-refractivity contribution is 5.30. The molecule has 1 rings (SSSR count). The zero-order valence-electron chi connectivity index (χ0n) is 8.96. The van der Waals surface area contributed by atoms with Gasteiger partial charge in [0, 0.05) is 6.54 Å². The largest absolute Gasteiger partial charge is 0.488 e. The number of hydrogen-bond donors (Lipinski definition) is 2. The van der Waals surface area contributed by atoms with Crippen LogP contribution in [0.2, 0.25) is 0 Å². The second-order valence-electron chi connectivity index (χ2n) is 3.41. The van der Waals surface area contributed by atoms with Crippen molar-refractivity contribution in [2.45, 2.75) is 13.0 Å². The van der Waals surface area contributed by atoms with E-state index in [1.54, 1.807) is 32.2 Å². The maximum Gasteiger partial charge on any atom is 0.167 e. The van der Waals surface area contributed by atoms with Gasteiger partial charge in [0.15, 0.2) is 11.6 Å². The van der Waals surface area contributed by atoms with E-state index in [4.69, 9.17) is 4.74 Å². The number of likely N-dealkylation sites (N-methyl/N-ethyl adjacent to an activating group) is 1. The summed E-state index contributed by atoms with van der Waals surface area (Å²) in [6, 6.07) is 4.94. The summed E-state index contributed by atoms with van der Waals surface area (Å²) in [6.45, 7) is 2.18. The molecule has 0 fully saturated rings. The SMILES string of the molecule is CNCC(O)COc1cccc(C)c1F. The highest BCUT2D eigenvalue weighted by Crippen LogP contribution is 2.19. The fraction of sp³-hybridized carbons (Fsp3) is 0.455. The van der Waals surface area contributed by atoms with E-state index >= 15 is 0 Å². The predicted molar refractivity (Wildman–Crippen MR) is 56.6 cm³/mol. The van der Waals surface area contributed by atoms with Crippen LogP contribution in [0.15, 0.2) is 18.2 Å². The van der Waals surface area contributed by atoms with Crippen LogP contribution in [-0.2, 0) is 0 Å². The van der Waals surface area contributed by atoms with Crippen molar-refractivity contribution in [1.29, 1.82) is 0 Å². The molecule has 4 heteroatoms. The first-order valence-corrected chi connectivity index (χ1v) is 4.85. The molecule has 0 saturated heterocycles. The molecule has 0 amide bonds. The Balaban J connectivity index is 2.54. The van der Waals surface area contributed by atoms with Gasteiger partial charge in [-0.15, -0.1) is 0 Å². The Bertz CT molecular complexity index is 317. The molecule has 1 aromatic carbocycles. The van der Waals surface area contributed by atoms with Gasteiger partial charge in [-0.05, 0) is 25.6 Å². The second kappa shape index (κ2) is 5.68. The summed E-state index contributed by atoms with van der Waals surface area (Å²) in [6.07, 6.45) is -0.630. The first-order valence-electron chi connectivity index (χ1n) is 4.85. The number of rotatable bonds is 5. The summed E-state index contributed by atoms with van der Waals surface area (Å²) in [5, 5.41) is 12.2. The van der Waals surface area contributed by atoms with Crippen LogP contribution < -0.4 is 10.1 Å². The Morgan fingerprint density at radius 2 is 2.27 bits per heavy atom. The highest BCUT2D eigenvalue weighted by atomic mass is 19.1. The molecule has 0 aliphatic rings. The zero-order chi connectivity index (χ0) is 11.3. The summed E-state index contributed by atoms with van der Waals surface area (Å²) in [4.78, 5) is 0. The van der Waals surface area contributed by atoms with Crippen molar-refractivity contribution >= 4 is 0 Å². The van der Waals surface area contributed by atoms with E-state index in [-0.39, 0.29) is 18.2 Å². The lowest BCUT2D eigenvalue weighted by molar-refractivity contribution is 0.106. The Morgan fingerprint density at radius 1 is 1.53 bits per heavy atom. The van der Waals surface area contributed by atoms with Crippen LogP contribution in [0.5, 0.6) is 5.75 Å². The molecule has 0 heterocycles. The van der Waals surface area contributed by atoms with Gasteiger partial charge in [0.1, 0.15) is 12.7 Å². The number of benzene rings is 1. The molecule has 1 aromatic rings. The van der Waals surface area contributed by atoms with E-state index in [2.05, 4.69) is 5.32 Å². The van der Waals surface area contributed by atoms with Crippen molar-refractivity contribution in [1.82, 2.24) is 5.32 Å². The molecule has 84 valence electrons. The summed E-state index contributed by atoms with van der Waals surface area (Å²) < 4.78 is 18.6. The van der Waals surface area contributed by atoms with E-state index in [0.29, 0.717) is 12.1 Å². The maximum atomic E-state index is 13.4. The number of hydrogen-bond acceptors (Lipinski definition) is 3. The second-order valence-corrected chi connectivity index (χ2v) is 3.41. The molecule has 15 heavy (non-hydrogen) atoms. The van der Waals surface area contributed by atoms with Crippen LogP contribution >= 0.6 is 0 Å². The van der Waals surface area contributed by atoms with Crippen molar-refractivity contribution in [3.63, 3.8) is 0 Å². The molecule has 1 unspecified atom stereocenters. The molecule has 0 spiro atoms. The molecule has 0 bridgehead atoms. The quantitative estimate of drug-likeness (QED) is 0.769. The summed E-state index contributed by atoms with van der Waals surface area (Å²) in [5.74, 6) is -0.181. The highest BCUT2D eigenvalue weighted by Gasteiger charge is 2.08. The standard InChI is InChI=1S/C11H16FNO2/c1-8-4-3-5-10(11(8)12)15-7-9(14)6-13-2/h3-5,9,13-14H,6-7H2,1-2H3. The third kappa shape index (κ3) is 3.49. The van der Waals surface area contributed by atoms with Gasteiger partial charge < -0.3 is 15.2 Å². The fourth-order valence-corrected chi connectivity index (χ4v) is 1.21. The molecule has 1 atom stereocenters. The lowest BCUT2D eigenvalue weighted by atomic mass is 10.2. The van der Waals surface area contributed by atoms with Gasteiger partial charge in [-0.2, -0.15) is 0 Å². The van der Waals surface area contributed by atoms with E-state index < -0.39 is 6.10 Å². The smallest absolute Gasteiger partial charge is 0.167 e. The first-order chi connectivity index (χ1) is 7.15. The minimum atomic E-state index is -0.630.